The van der Waals surface area contributed by atoms with Crippen LogP contribution in [0.15, 0.2) is 36.4 Å². The van der Waals surface area contributed by atoms with Gasteiger partial charge >= 0.3 is 5.97 Å². The Hall–Kier alpha value is -3.33. The van der Waals surface area contributed by atoms with Gasteiger partial charge in [0.25, 0.3) is 5.91 Å². The van der Waals surface area contributed by atoms with Gasteiger partial charge in [0.1, 0.15) is 5.75 Å². The second kappa shape index (κ2) is 9.40. The number of carbonyl (C=O) groups excluding carboxylic acids is 2. The third kappa shape index (κ3) is 4.13. The molecule has 3 aromatic rings. The first-order chi connectivity index (χ1) is 18.7. The van der Waals surface area contributed by atoms with Crippen LogP contribution in [0.25, 0.3) is 22.2 Å². The highest BCUT2D eigenvalue weighted by Gasteiger charge is 2.63. The summed E-state index contributed by atoms with van der Waals surface area (Å²) >= 11 is 0. The summed E-state index contributed by atoms with van der Waals surface area (Å²) in [5, 5.41) is 1.05. The van der Waals surface area contributed by atoms with E-state index in [1.54, 1.807) is 19.2 Å². The molecule has 1 N–H and O–H groups in total. The molecule has 0 radical (unpaired) electrons. The molecule has 2 unspecified atom stereocenters. The quantitative estimate of drug-likeness (QED) is 0.428. The van der Waals surface area contributed by atoms with Gasteiger partial charge in [0.2, 0.25) is 10.0 Å². The number of hydrogen-bond acceptors (Lipinski definition) is 6. The molecule has 0 saturated heterocycles. The standard InChI is InChI=1S/C30H34N2O6S/c1-4-39(35,36)31-28(33)19-10-12-22-25(14-19)32-17-30(29(34)38-3)16-24(30)23-15-20(37-2)11-13-21(23)27(32)26(22)18-8-6-5-7-9-18/h10-15,18,24H,4-9,16-17H2,1-3H3,(H,31,33). The number of ether oxygens (including phenoxy) is 2. The summed E-state index contributed by atoms with van der Waals surface area (Å²) in [6.07, 6.45) is 6.39. The van der Waals surface area contributed by atoms with Crippen LogP contribution in [0.4, 0.5) is 0 Å². The average molecular weight is 551 g/mol. The van der Waals surface area contributed by atoms with Crippen molar-refractivity contribution in [3.8, 4) is 17.0 Å². The number of rotatable bonds is 6. The molecule has 3 aliphatic rings. The monoisotopic (exact) mass is 550 g/mol. The number of hydrogen-bond donors (Lipinski definition) is 1. The average Bonchev–Trinajstić information content (AvgIpc) is 3.62. The zero-order valence-corrected chi connectivity index (χ0v) is 23.4. The first-order valence-electron chi connectivity index (χ1n) is 13.7. The lowest BCUT2D eigenvalue weighted by molar-refractivity contribution is -0.147. The molecule has 9 heteroatoms. The highest BCUT2D eigenvalue weighted by molar-refractivity contribution is 7.90. The van der Waals surface area contributed by atoms with Crippen molar-refractivity contribution in [2.75, 3.05) is 20.0 Å². The lowest BCUT2D eigenvalue weighted by Crippen LogP contribution is -2.31. The summed E-state index contributed by atoms with van der Waals surface area (Å²) in [7, 11) is -0.627. The third-order valence-electron chi connectivity index (χ3n) is 9.00. The van der Waals surface area contributed by atoms with Gasteiger partial charge in [-0.1, -0.05) is 25.3 Å². The first-order valence-corrected chi connectivity index (χ1v) is 15.4. The van der Waals surface area contributed by atoms with E-state index in [-0.39, 0.29) is 23.2 Å². The molecule has 0 bridgehead atoms. The molecule has 2 aromatic carbocycles. The van der Waals surface area contributed by atoms with E-state index >= 15 is 0 Å². The molecular weight excluding hydrogens is 516 g/mol. The number of benzene rings is 2. The van der Waals surface area contributed by atoms with E-state index in [2.05, 4.69) is 21.4 Å². The minimum atomic E-state index is -3.71. The van der Waals surface area contributed by atoms with E-state index in [1.807, 2.05) is 12.1 Å². The van der Waals surface area contributed by atoms with Crippen LogP contribution < -0.4 is 9.46 Å². The molecule has 6 rings (SSSR count). The molecule has 0 spiro atoms. The fraction of sp³-hybridized carbons (Fsp3) is 0.467. The molecule has 2 saturated carbocycles. The Morgan fingerprint density at radius 1 is 1.08 bits per heavy atom. The van der Waals surface area contributed by atoms with Crippen LogP contribution in [-0.4, -0.2) is 44.8 Å². The van der Waals surface area contributed by atoms with Crippen LogP contribution in [0.5, 0.6) is 5.75 Å². The Morgan fingerprint density at radius 3 is 2.54 bits per heavy atom. The van der Waals surface area contributed by atoms with Gasteiger partial charge in [0.05, 0.1) is 31.1 Å². The second-order valence-electron chi connectivity index (χ2n) is 11.1. The maximum Gasteiger partial charge on any atom is 0.314 e. The summed E-state index contributed by atoms with van der Waals surface area (Å²) in [5.41, 5.74) is 4.92. The van der Waals surface area contributed by atoms with E-state index in [4.69, 9.17) is 9.47 Å². The SMILES string of the molecule is CCS(=O)(=O)NC(=O)c1ccc2c(C3CCCCC3)c3n(c2c1)CC1(C(=O)OC)CC1c1cc(OC)ccc1-3. The zero-order valence-electron chi connectivity index (χ0n) is 22.6. The van der Waals surface area contributed by atoms with Gasteiger partial charge in [-0.05, 0) is 73.6 Å². The van der Waals surface area contributed by atoms with Gasteiger partial charge in [-0.15, -0.1) is 0 Å². The molecule has 2 heterocycles. The van der Waals surface area contributed by atoms with E-state index in [1.165, 1.54) is 26.0 Å². The fourth-order valence-corrected chi connectivity index (χ4v) is 7.43. The predicted molar refractivity (Wildman–Crippen MR) is 148 cm³/mol. The van der Waals surface area contributed by atoms with E-state index in [9.17, 15) is 18.0 Å². The maximum atomic E-state index is 13.3. The number of amides is 1. The minimum Gasteiger partial charge on any atom is -0.497 e. The Morgan fingerprint density at radius 2 is 1.85 bits per heavy atom. The lowest BCUT2D eigenvalue weighted by atomic mass is 9.81. The number of nitrogens with zero attached hydrogens (tertiary/aromatic N) is 1. The molecule has 2 fully saturated rings. The fourth-order valence-electron chi connectivity index (χ4n) is 6.88. The van der Waals surface area contributed by atoms with Crippen molar-refractivity contribution in [1.82, 2.24) is 9.29 Å². The summed E-state index contributed by atoms with van der Waals surface area (Å²) in [6, 6.07) is 11.6. The summed E-state index contributed by atoms with van der Waals surface area (Å²) in [6.45, 7) is 1.92. The van der Waals surface area contributed by atoms with Gasteiger partial charge in [-0.3, -0.25) is 9.59 Å². The lowest BCUT2D eigenvalue weighted by Gasteiger charge is -2.24. The van der Waals surface area contributed by atoms with E-state index in [0.717, 1.165) is 59.2 Å². The molecule has 1 amide bonds. The molecule has 1 aliphatic heterocycles. The summed E-state index contributed by atoms with van der Waals surface area (Å²) < 4.78 is 39.5. The van der Waals surface area contributed by atoms with Crippen LogP contribution in [0.3, 0.4) is 0 Å². The number of nitrogens with one attached hydrogen (secondary N) is 1. The Bertz CT molecular complexity index is 1600. The number of aromatic nitrogens is 1. The van der Waals surface area contributed by atoms with Crippen molar-refractivity contribution in [3.63, 3.8) is 0 Å². The van der Waals surface area contributed by atoms with Gasteiger partial charge in [-0.2, -0.15) is 0 Å². The van der Waals surface area contributed by atoms with Crippen molar-refractivity contribution in [1.29, 1.82) is 0 Å². The van der Waals surface area contributed by atoms with Crippen LogP contribution in [-0.2, 0) is 26.1 Å². The van der Waals surface area contributed by atoms with Crippen molar-refractivity contribution < 1.29 is 27.5 Å². The molecule has 39 heavy (non-hydrogen) atoms. The largest absolute Gasteiger partial charge is 0.497 e. The Balaban J connectivity index is 1.62. The number of methoxy groups -OCH3 is 2. The maximum absolute atomic E-state index is 13.3. The molecular formula is C30H34N2O6S. The van der Waals surface area contributed by atoms with Crippen LogP contribution in [0.1, 0.15) is 78.8 Å². The smallest absolute Gasteiger partial charge is 0.314 e. The Kier molecular flexibility index (Phi) is 6.25. The number of sulfonamides is 1. The topological polar surface area (TPSA) is 104 Å². The minimum absolute atomic E-state index is 0.00499. The normalized spacial score (nSPS) is 22.3. The van der Waals surface area contributed by atoms with Gasteiger partial charge < -0.3 is 14.0 Å². The van der Waals surface area contributed by atoms with Crippen LogP contribution >= 0.6 is 0 Å². The molecule has 1 aromatic heterocycles. The van der Waals surface area contributed by atoms with Crippen LogP contribution in [0, 0.1) is 5.41 Å². The first kappa shape index (κ1) is 25.9. The van der Waals surface area contributed by atoms with Crippen molar-refractivity contribution in [2.45, 2.75) is 63.8 Å². The second-order valence-corrected chi connectivity index (χ2v) is 13.1. The highest BCUT2D eigenvalue weighted by atomic mass is 32.2. The number of esters is 1. The third-order valence-corrected chi connectivity index (χ3v) is 10.3. The van der Waals surface area contributed by atoms with E-state index < -0.39 is 21.3 Å². The van der Waals surface area contributed by atoms with Gasteiger partial charge in [0.15, 0.2) is 0 Å². The highest BCUT2D eigenvalue weighted by Crippen LogP contribution is 2.66. The summed E-state index contributed by atoms with van der Waals surface area (Å²) in [4.78, 5) is 26.2. The summed E-state index contributed by atoms with van der Waals surface area (Å²) in [5.74, 6) is 0.0366. The van der Waals surface area contributed by atoms with Crippen LogP contribution in [0.2, 0.25) is 0 Å². The number of fused-ring (bicyclic) bond motifs is 7. The zero-order chi connectivity index (χ0) is 27.5. The van der Waals surface area contributed by atoms with Crippen molar-refractivity contribution in [3.05, 3.63) is 53.1 Å². The van der Waals surface area contributed by atoms with Gasteiger partial charge in [-0.25, -0.2) is 13.1 Å². The number of carbonyl (C=O) groups is 2. The predicted octanol–water partition coefficient (Wildman–Crippen LogP) is 5.10. The Labute approximate surface area is 228 Å². The molecule has 2 atom stereocenters. The molecule has 206 valence electrons. The molecule has 8 nitrogen and oxygen atoms in total. The van der Waals surface area contributed by atoms with Crippen molar-refractivity contribution in [2.24, 2.45) is 5.41 Å². The molecule has 2 aliphatic carbocycles. The van der Waals surface area contributed by atoms with Crippen molar-refractivity contribution >= 4 is 32.8 Å². The van der Waals surface area contributed by atoms with Gasteiger partial charge in [0, 0.05) is 34.5 Å². The van der Waals surface area contributed by atoms with E-state index in [0.29, 0.717) is 18.9 Å².